The van der Waals surface area contributed by atoms with Crippen LogP contribution in [0.4, 0.5) is 0 Å². The van der Waals surface area contributed by atoms with Gasteiger partial charge in [-0.25, -0.2) is 0 Å². The van der Waals surface area contributed by atoms with Crippen molar-refractivity contribution in [1.82, 2.24) is 0 Å². The van der Waals surface area contributed by atoms with E-state index >= 15 is 0 Å². The average molecular weight is 457 g/mol. The molecule has 0 rings (SSSR count). The molecule has 0 aromatic rings. The van der Waals surface area contributed by atoms with E-state index in [9.17, 15) is 0 Å². The average Bonchev–Trinajstić information content (AvgIpc) is 1.00. The van der Waals surface area contributed by atoms with Crippen molar-refractivity contribution >= 4 is 85.7 Å². The normalized spacial score (nSPS) is 0.667. The maximum atomic E-state index is 8.34. The molecule has 0 unspecified atom stereocenters. The van der Waals surface area contributed by atoms with Crippen LogP contribution in [-0.4, -0.2) is 85.7 Å². The van der Waals surface area contributed by atoms with Gasteiger partial charge in [-0.3, -0.25) is 0 Å². The van der Waals surface area contributed by atoms with Gasteiger partial charge in [-0.15, -0.1) is 0 Å². The minimum Gasteiger partial charge on any atom is 0 e. The van der Waals surface area contributed by atoms with Gasteiger partial charge < -0.3 is 0 Å². The molecule has 0 bridgehead atoms. The molecular weight excluding hydrogens is 457 g/mol. The summed E-state index contributed by atoms with van der Waals surface area (Å²) in [7, 11) is 0. The van der Waals surface area contributed by atoms with Crippen LogP contribution >= 0.6 is 0 Å². The molecule has 6 heavy (non-hydrogen) atoms. The Morgan fingerprint density at radius 3 is 1.17 bits per heavy atom. The van der Waals surface area contributed by atoms with Crippen molar-refractivity contribution in [3.63, 3.8) is 0 Å². The molecule has 0 aliphatic carbocycles. The zero-order valence-electron chi connectivity index (χ0n) is 3.27. The van der Waals surface area contributed by atoms with Crippen molar-refractivity contribution in [3.8, 4) is 0 Å². The summed E-state index contributed by atoms with van der Waals surface area (Å²) >= 11 is 0.300. The number of rotatable bonds is 0. The van der Waals surface area contributed by atoms with Crippen LogP contribution in [0.5, 0.6) is 0 Å². The summed E-state index contributed by atoms with van der Waals surface area (Å²) in [5.41, 5.74) is 0. The van der Waals surface area contributed by atoms with E-state index in [1.54, 1.807) is 0 Å². The molecule has 0 aromatic carbocycles. The number of hydrogen-bond acceptors (Lipinski definition) is 1. The van der Waals surface area contributed by atoms with Gasteiger partial charge in [-0.05, 0) is 0 Å². The van der Waals surface area contributed by atoms with Crippen LogP contribution in [0.15, 0.2) is 0 Å². The Balaban J connectivity index is -0.000000000833. The summed E-state index contributed by atoms with van der Waals surface area (Å²) in [6, 6.07) is 0. The quantitative estimate of drug-likeness (QED) is 0.399. The monoisotopic (exact) mass is 458 g/mol. The smallest absolute Gasteiger partial charge is 0 e. The van der Waals surface area contributed by atoms with Gasteiger partial charge in [0.2, 0.25) is 0 Å². The molecule has 22 valence electrons. The van der Waals surface area contributed by atoms with Crippen molar-refractivity contribution < 1.29 is 22.6 Å². The molecule has 0 aromatic heterocycles. The van der Waals surface area contributed by atoms with E-state index in [1.165, 1.54) is 0 Å². The second-order valence-electron chi connectivity index (χ2n) is 0. The zero-order chi connectivity index (χ0) is 2.00. The van der Waals surface area contributed by atoms with Crippen LogP contribution in [0.3, 0.4) is 0 Å². The van der Waals surface area contributed by atoms with Crippen LogP contribution in [-0.2, 0) is 22.6 Å². The van der Waals surface area contributed by atoms with Gasteiger partial charge in [0.25, 0.3) is 0 Å². The van der Waals surface area contributed by atoms with E-state index in [1.807, 2.05) is 0 Å². The van der Waals surface area contributed by atoms with Gasteiger partial charge in [0.15, 0.2) is 0 Å². The molecular formula is GaGeInOSnZn. The summed E-state index contributed by atoms with van der Waals surface area (Å²) in [6.07, 6.45) is 0. The molecule has 6 heteroatoms. The largest absolute Gasteiger partial charge is 0 e. The molecule has 1 nitrogen and oxygen atoms in total. The predicted molar refractivity (Wildman–Crippen MR) is 23.7 cm³/mol. The third-order valence-electron chi connectivity index (χ3n) is 0. The first-order valence-corrected chi connectivity index (χ1v) is 1.37. The van der Waals surface area contributed by atoms with E-state index in [-0.39, 0.29) is 82.7 Å². The molecule has 0 saturated heterocycles. The molecule has 0 aliphatic heterocycles. The van der Waals surface area contributed by atoms with Gasteiger partial charge in [-0.1, -0.05) is 0 Å². The Bertz CT molecular complexity index is 15.5. The second-order valence-corrected chi connectivity index (χ2v) is 0. The zero-order valence-corrected chi connectivity index (χ0v) is 16.9. The van der Waals surface area contributed by atoms with Gasteiger partial charge in [0.05, 0.1) is 0 Å². The Morgan fingerprint density at radius 1 is 1.17 bits per heavy atom. The van der Waals surface area contributed by atoms with Gasteiger partial charge >= 0.3 is 25.6 Å². The second kappa shape index (κ2) is 40.9. The molecule has 0 fully saturated rings. The molecule has 12 radical (unpaired) electrons. The molecule has 0 saturated carbocycles. The van der Waals surface area contributed by atoms with E-state index in [4.69, 9.17) is 3.08 Å². The predicted octanol–water partition coefficient (Wildman–Crippen LogP) is -1.64. The van der Waals surface area contributed by atoms with Crippen molar-refractivity contribution in [2.75, 3.05) is 0 Å². The van der Waals surface area contributed by atoms with Gasteiger partial charge in [0, 0.05) is 82.7 Å². The van der Waals surface area contributed by atoms with Crippen LogP contribution < -0.4 is 0 Å². The molecule has 0 heterocycles. The van der Waals surface area contributed by atoms with Crippen molar-refractivity contribution in [2.24, 2.45) is 0 Å². The first-order valence-electron chi connectivity index (χ1n) is 0.204. The maximum absolute atomic E-state index is 8.34. The summed E-state index contributed by atoms with van der Waals surface area (Å²) in [6.45, 7) is 0. The first kappa shape index (κ1) is 34.8. The summed E-state index contributed by atoms with van der Waals surface area (Å²) in [5, 5.41) is 0. The molecule has 0 N–H and O–H groups in total. The van der Waals surface area contributed by atoms with E-state index < -0.39 is 0 Å². The van der Waals surface area contributed by atoms with Gasteiger partial charge in [-0.2, -0.15) is 0 Å². The third-order valence-corrected chi connectivity index (χ3v) is 0. The van der Waals surface area contributed by atoms with E-state index in [0.717, 1.165) is 0 Å². The fourth-order valence-corrected chi connectivity index (χ4v) is 0. The Hall–Kier alpha value is 3.27. The molecule has 0 atom stereocenters. The van der Waals surface area contributed by atoms with Crippen molar-refractivity contribution in [2.45, 2.75) is 0 Å². The Morgan fingerprint density at radius 2 is 1.17 bits per heavy atom. The van der Waals surface area contributed by atoms with Crippen molar-refractivity contribution in [1.29, 1.82) is 0 Å². The van der Waals surface area contributed by atoms with Crippen LogP contribution in [0.1, 0.15) is 0 Å². The minimum absolute atomic E-state index is 0. The summed E-state index contributed by atoms with van der Waals surface area (Å²) in [4.78, 5) is 0. The van der Waals surface area contributed by atoms with Crippen LogP contribution in [0.25, 0.3) is 0 Å². The Kier molecular flexibility index (Phi) is 237. The molecule has 0 spiro atoms. The number of hydrogen-bond donors (Lipinski definition) is 0. The van der Waals surface area contributed by atoms with Crippen molar-refractivity contribution in [3.05, 3.63) is 0 Å². The Labute approximate surface area is 106 Å². The van der Waals surface area contributed by atoms with Gasteiger partial charge in [0.1, 0.15) is 0 Å². The molecule has 0 aliphatic rings. The third kappa shape index (κ3) is 26.7. The molecule has 0 amide bonds. The fourth-order valence-electron chi connectivity index (χ4n) is 0. The first-order chi connectivity index (χ1) is 1.00. The fraction of sp³-hybridized carbons (Fsp3) is 0. The van der Waals surface area contributed by atoms with Crippen LogP contribution in [0.2, 0.25) is 0 Å². The summed E-state index contributed by atoms with van der Waals surface area (Å²) in [5.74, 6) is 0. The van der Waals surface area contributed by atoms with Crippen LogP contribution in [0, 0.1) is 0 Å². The minimum atomic E-state index is 0. The van der Waals surface area contributed by atoms with E-state index in [2.05, 4.69) is 0 Å². The maximum Gasteiger partial charge on any atom is 0 e. The SMILES string of the molecule is [Ga].[Ge].[In].[O]=[Sn].[Zn]. The van der Waals surface area contributed by atoms with E-state index in [0.29, 0.717) is 22.5 Å². The topological polar surface area (TPSA) is 17.1 Å². The standard InChI is InChI=1S/Ga.Ge.In.O.Sn.Zn. The summed E-state index contributed by atoms with van der Waals surface area (Å²) < 4.78 is 8.34.